The lowest BCUT2D eigenvalue weighted by molar-refractivity contribution is 0.0660. The van der Waals surface area contributed by atoms with Gasteiger partial charge in [0.15, 0.2) is 0 Å². The number of rotatable bonds is 9. The first-order valence-electron chi connectivity index (χ1n) is 9.43. The fourth-order valence-electron chi connectivity index (χ4n) is 3.33. The smallest absolute Gasteiger partial charge is 0.150 e. The van der Waals surface area contributed by atoms with Gasteiger partial charge >= 0.3 is 0 Å². The lowest BCUT2D eigenvalue weighted by Gasteiger charge is -2.38. The van der Waals surface area contributed by atoms with Crippen molar-refractivity contribution < 1.29 is 13.2 Å². The number of hydrogen-bond donors (Lipinski definition) is 1. The van der Waals surface area contributed by atoms with Crippen LogP contribution in [0.3, 0.4) is 0 Å². The molecule has 0 radical (unpaired) electrons. The Kier molecular flexibility index (Phi) is 7.08. The third-order valence-corrected chi connectivity index (χ3v) is 6.60. The molecule has 1 heterocycles. The second-order valence-electron chi connectivity index (χ2n) is 7.59. The lowest BCUT2D eigenvalue weighted by atomic mass is 9.89. The molecule has 0 saturated heterocycles. The van der Waals surface area contributed by atoms with Crippen LogP contribution in [-0.2, 0) is 9.84 Å². The molecular formula is C20H30N2O3S. The van der Waals surface area contributed by atoms with E-state index in [1.54, 1.807) is 13.0 Å². The van der Waals surface area contributed by atoms with Crippen LogP contribution in [0.5, 0.6) is 5.75 Å². The summed E-state index contributed by atoms with van der Waals surface area (Å²) >= 11 is 0. The van der Waals surface area contributed by atoms with Crippen LogP contribution in [0.15, 0.2) is 18.2 Å². The van der Waals surface area contributed by atoms with Crippen molar-refractivity contribution in [1.29, 1.82) is 5.26 Å². The molecule has 1 aromatic carbocycles. The van der Waals surface area contributed by atoms with Crippen LogP contribution < -0.4 is 10.1 Å². The Labute approximate surface area is 157 Å². The second kappa shape index (κ2) is 8.88. The maximum atomic E-state index is 11.5. The molecule has 2 rings (SSSR count). The first kappa shape index (κ1) is 20.7. The van der Waals surface area contributed by atoms with E-state index in [9.17, 15) is 8.42 Å². The van der Waals surface area contributed by atoms with Crippen molar-refractivity contribution in [3.63, 3.8) is 0 Å². The summed E-state index contributed by atoms with van der Waals surface area (Å²) in [5.41, 5.74) is 1.46. The van der Waals surface area contributed by atoms with Crippen molar-refractivity contribution in [1.82, 2.24) is 5.32 Å². The fraction of sp³-hybridized carbons (Fsp3) is 0.650. The van der Waals surface area contributed by atoms with Crippen molar-refractivity contribution in [2.45, 2.75) is 64.5 Å². The van der Waals surface area contributed by atoms with Crippen molar-refractivity contribution in [3.05, 3.63) is 29.3 Å². The van der Waals surface area contributed by atoms with E-state index < -0.39 is 9.84 Å². The molecule has 0 fully saturated rings. The summed E-state index contributed by atoms with van der Waals surface area (Å²) < 4.78 is 29.0. The van der Waals surface area contributed by atoms with Crippen LogP contribution in [0.4, 0.5) is 0 Å². The largest absolute Gasteiger partial charge is 0.487 e. The molecule has 26 heavy (non-hydrogen) atoms. The molecule has 0 saturated carbocycles. The van der Waals surface area contributed by atoms with Crippen molar-refractivity contribution >= 4 is 9.84 Å². The molecule has 144 valence electrons. The predicted molar refractivity (Wildman–Crippen MR) is 104 cm³/mol. The Morgan fingerprint density at radius 3 is 2.69 bits per heavy atom. The topological polar surface area (TPSA) is 79.2 Å². The summed E-state index contributed by atoms with van der Waals surface area (Å²) in [6, 6.07) is 7.96. The normalized spacial score (nSPS) is 18.6. The van der Waals surface area contributed by atoms with Gasteiger partial charge in [0.1, 0.15) is 21.2 Å². The van der Waals surface area contributed by atoms with Gasteiger partial charge in [-0.25, -0.2) is 8.42 Å². The molecule has 1 aromatic rings. The highest BCUT2D eigenvalue weighted by Gasteiger charge is 2.33. The van der Waals surface area contributed by atoms with Crippen LogP contribution in [0, 0.1) is 11.3 Å². The van der Waals surface area contributed by atoms with E-state index in [1.165, 1.54) is 0 Å². The zero-order chi connectivity index (χ0) is 19.2. The lowest BCUT2D eigenvalue weighted by Crippen LogP contribution is -2.39. The third-order valence-electron chi connectivity index (χ3n) is 4.81. The number of hydrogen-bond acceptors (Lipinski definition) is 5. The minimum atomic E-state index is -2.84. The van der Waals surface area contributed by atoms with E-state index in [-0.39, 0.29) is 17.4 Å². The van der Waals surface area contributed by atoms with E-state index in [0.717, 1.165) is 50.0 Å². The molecule has 6 heteroatoms. The summed E-state index contributed by atoms with van der Waals surface area (Å²) in [4.78, 5) is 0. The van der Waals surface area contributed by atoms with Crippen LogP contribution in [0.2, 0.25) is 0 Å². The Hall–Kier alpha value is -1.58. The summed E-state index contributed by atoms with van der Waals surface area (Å²) in [5.74, 6) is 1.38. The van der Waals surface area contributed by atoms with Crippen molar-refractivity contribution in [2.24, 2.45) is 0 Å². The van der Waals surface area contributed by atoms with Gasteiger partial charge < -0.3 is 10.1 Å². The Bertz CT molecular complexity index is 751. The van der Waals surface area contributed by atoms with E-state index in [0.29, 0.717) is 11.3 Å². The van der Waals surface area contributed by atoms with E-state index in [4.69, 9.17) is 10.00 Å². The highest BCUT2D eigenvalue weighted by Crippen LogP contribution is 2.39. The third kappa shape index (κ3) is 6.00. The SMILES string of the molecule is CCS(=O)(=O)CCCCCCNC1CC(C)(C)Oc2ccc(C#N)cc21. The quantitative estimate of drug-likeness (QED) is 0.662. The number of ether oxygens (including phenoxy) is 1. The highest BCUT2D eigenvalue weighted by atomic mass is 32.2. The minimum absolute atomic E-state index is 0.169. The maximum absolute atomic E-state index is 11.5. The average molecular weight is 379 g/mol. The number of unbranched alkanes of at least 4 members (excludes halogenated alkanes) is 3. The Morgan fingerprint density at radius 2 is 2.00 bits per heavy atom. The zero-order valence-corrected chi connectivity index (χ0v) is 16.9. The van der Waals surface area contributed by atoms with Gasteiger partial charge in [0.25, 0.3) is 0 Å². The molecule has 0 aliphatic carbocycles. The van der Waals surface area contributed by atoms with Crippen molar-refractivity contribution in [3.8, 4) is 11.8 Å². The zero-order valence-electron chi connectivity index (χ0n) is 16.0. The summed E-state index contributed by atoms with van der Waals surface area (Å²) in [5, 5.41) is 12.7. The molecular weight excluding hydrogens is 348 g/mol. The van der Waals surface area contributed by atoms with E-state index in [2.05, 4.69) is 25.2 Å². The van der Waals surface area contributed by atoms with Gasteiger partial charge in [-0.2, -0.15) is 5.26 Å². The standard InChI is InChI=1S/C20H30N2O3S/c1-4-26(23,24)12-8-6-5-7-11-22-18-14-20(2,3)25-19-10-9-16(15-21)13-17(18)19/h9-10,13,18,22H,4-8,11-12,14H2,1-3H3. The molecule has 1 aliphatic rings. The Morgan fingerprint density at radius 1 is 1.27 bits per heavy atom. The highest BCUT2D eigenvalue weighted by molar-refractivity contribution is 7.91. The van der Waals surface area contributed by atoms with Gasteiger partial charge in [0.05, 0.1) is 17.4 Å². The number of sulfone groups is 1. The molecule has 1 atom stereocenters. The van der Waals surface area contributed by atoms with E-state index >= 15 is 0 Å². The number of nitrogens with zero attached hydrogens (tertiary/aromatic N) is 1. The van der Waals surface area contributed by atoms with Gasteiger partial charge in [-0.05, 0) is 51.4 Å². The van der Waals surface area contributed by atoms with Crippen LogP contribution in [-0.4, -0.2) is 32.1 Å². The predicted octanol–water partition coefficient (Wildman–Crippen LogP) is 3.75. The molecule has 1 aliphatic heterocycles. The first-order chi connectivity index (χ1) is 12.3. The fourth-order valence-corrected chi connectivity index (χ4v) is 4.26. The maximum Gasteiger partial charge on any atom is 0.150 e. The number of nitrogens with one attached hydrogen (secondary N) is 1. The molecule has 0 aromatic heterocycles. The van der Waals surface area contributed by atoms with Crippen LogP contribution in [0.25, 0.3) is 0 Å². The molecule has 1 N–H and O–H groups in total. The second-order valence-corrected chi connectivity index (χ2v) is 10.1. The van der Waals surface area contributed by atoms with Gasteiger partial charge in [-0.1, -0.05) is 19.8 Å². The monoisotopic (exact) mass is 378 g/mol. The number of benzene rings is 1. The molecule has 1 unspecified atom stereocenters. The van der Waals surface area contributed by atoms with Gasteiger partial charge in [-0.3, -0.25) is 0 Å². The summed E-state index contributed by atoms with van der Waals surface area (Å²) in [7, 11) is -2.84. The minimum Gasteiger partial charge on any atom is -0.487 e. The summed E-state index contributed by atoms with van der Waals surface area (Å²) in [6.45, 7) is 6.73. The van der Waals surface area contributed by atoms with E-state index in [1.807, 2.05) is 12.1 Å². The number of fused-ring (bicyclic) bond motifs is 1. The molecule has 0 amide bonds. The summed E-state index contributed by atoms with van der Waals surface area (Å²) in [6.07, 6.45) is 4.56. The number of nitriles is 1. The Balaban J connectivity index is 1.83. The first-order valence-corrected chi connectivity index (χ1v) is 11.3. The van der Waals surface area contributed by atoms with Gasteiger partial charge in [-0.15, -0.1) is 0 Å². The molecule has 0 spiro atoms. The van der Waals surface area contributed by atoms with Crippen LogP contribution >= 0.6 is 0 Å². The van der Waals surface area contributed by atoms with Crippen LogP contribution in [0.1, 0.15) is 70.0 Å². The average Bonchev–Trinajstić information content (AvgIpc) is 2.59. The van der Waals surface area contributed by atoms with Gasteiger partial charge in [0, 0.05) is 23.8 Å². The van der Waals surface area contributed by atoms with Crippen molar-refractivity contribution in [2.75, 3.05) is 18.1 Å². The molecule has 0 bridgehead atoms. The van der Waals surface area contributed by atoms with Gasteiger partial charge in [0.2, 0.25) is 0 Å². The molecule has 5 nitrogen and oxygen atoms in total.